The van der Waals surface area contributed by atoms with Crippen LogP contribution in [0.4, 0.5) is 0 Å². The molecule has 0 aromatic carbocycles. The maximum Gasteiger partial charge on any atom is 0.249 e. The molecule has 0 aliphatic carbocycles. The monoisotopic (exact) mass is 202 g/mol. The van der Waals surface area contributed by atoms with Crippen molar-refractivity contribution in [2.24, 2.45) is 0 Å². The normalized spacial score (nSPS) is 11.1. The Kier molecular flexibility index (Phi) is 1.46. The lowest BCUT2D eigenvalue weighted by molar-refractivity contribution is 1.33. The van der Waals surface area contributed by atoms with Crippen molar-refractivity contribution in [2.45, 2.75) is 0 Å². The molecule has 3 rings (SSSR count). The summed E-state index contributed by atoms with van der Waals surface area (Å²) < 4.78 is 1.10. The third-order valence-electron chi connectivity index (χ3n) is 2.17. The van der Waals surface area contributed by atoms with E-state index in [0.29, 0.717) is 0 Å². The van der Waals surface area contributed by atoms with Gasteiger partial charge in [0.05, 0.1) is 4.70 Å². The molecule has 14 heavy (non-hydrogen) atoms. The van der Waals surface area contributed by atoms with E-state index in [1.165, 1.54) is 0 Å². The summed E-state index contributed by atoms with van der Waals surface area (Å²) in [5, 5.41) is 2.24. The summed E-state index contributed by atoms with van der Waals surface area (Å²) in [4.78, 5) is 18.9. The molecule has 3 nitrogen and oxygen atoms in total. The van der Waals surface area contributed by atoms with Gasteiger partial charge in [-0.3, -0.25) is 9.78 Å². The van der Waals surface area contributed by atoms with Gasteiger partial charge in [0.25, 0.3) is 0 Å². The van der Waals surface area contributed by atoms with E-state index < -0.39 is 0 Å². The lowest BCUT2D eigenvalue weighted by atomic mass is 10.2. The van der Waals surface area contributed by atoms with Crippen LogP contribution in [0.1, 0.15) is 0 Å². The van der Waals surface area contributed by atoms with Gasteiger partial charge in [-0.1, -0.05) is 0 Å². The first-order chi connectivity index (χ1) is 6.84. The molecule has 4 heteroatoms. The molecule has 0 atom stereocenters. The van der Waals surface area contributed by atoms with Crippen LogP contribution < -0.4 is 5.56 Å². The first kappa shape index (κ1) is 7.70. The zero-order valence-electron chi connectivity index (χ0n) is 7.15. The lowest BCUT2D eigenvalue weighted by Gasteiger charge is -1.88. The number of aromatic amines is 1. The number of H-pyrrole nitrogens is 1. The zero-order valence-corrected chi connectivity index (χ0v) is 7.97. The SMILES string of the molecule is O=c1ccc2c([nH]1)sc1cnccc12. The number of nitrogens with one attached hydrogen (secondary N) is 1. The Morgan fingerprint density at radius 1 is 1.21 bits per heavy atom. The molecular weight excluding hydrogens is 196 g/mol. The summed E-state index contributed by atoms with van der Waals surface area (Å²) in [5.41, 5.74) is -0.0583. The summed E-state index contributed by atoms with van der Waals surface area (Å²) in [6.07, 6.45) is 3.58. The van der Waals surface area contributed by atoms with Crippen LogP contribution in [-0.2, 0) is 0 Å². The highest BCUT2D eigenvalue weighted by Crippen LogP contribution is 2.30. The molecule has 3 aromatic heterocycles. The Bertz CT molecular complexity index is 668. The molecule has 0 unspecified atom stereocenters. The Balaban J connectivity index is 2.63. The topological polar surface area (TPSA) is 45.8 Å². The van der Waals surface area contributed by atoms with Crippen molar-refractivity contribution < 1.29 is 0 Å². The van der Waals surface area contributed by atoms with Crippen LogP contribution in [0.25, 0.3) is 20.3 Å². The summed E-state index contributed by atoms with van der Waals surface area (Å²) in [5.74, 6) is 0. The second-order valence-corrected chi connectivity index (χ2v) is 4.09. The van der Waals surface area contributed by atoms with Gasteiger partial charge in [-0.25, -0.2) is 0 Å². The molecule has 68 valence electrons. The minimum Gasteiger partial charge on any atom is -0.314 e. The maximum atomic E-state index is 11.1. The minimum atomic E-state index is -0.0583. The number of thiophene rings is 1. The fourth-order valence-electron chi connectivity index (χ4n) is 1.54. The van der Waals surface area contributed by atoms with Crippen LogP contribution in [0, 0.1) is 0 Å². The lowest BCUT2D eigenvalue weighted by Crippen LogP contribution is -2.00. The molecule has 0 radical (unpaired) electrons. The quantitative estimate of drug-likeness (QED) is 0.607. The van der Waals surface area contributed by atoms with Crippen LogP contribution >= 0.6 is 11.3 Å². The van der Waals surface area contributed by atoms with Crippen molar-refractivity contribution >= 4 is 31.6 Å². The van der Waals surface area contributed by atoms with E-state index in [2.05, 4.69) is 9.97 Å². The van der Waals surface area contributed by atoms with E-state index >= 15 is 0 Å². The highest BCUT2D eigenvalue weighted by Gasteiger charge is 2.03. The predicted molar refractivity (Wildman–Crippen MR) is 57.7 cm³/mol. The van der Waals surface area contributed by atoms with E-state index in [-0.39, 0.29) is 5.56 Å². The summed E-state index contributed by atoms with van der Waals surface area (Å²) in [6.45, 7) is 0. The van der Waals surface area contributed by atoms with E-state index in [0.717, 1.165) is 20.3 Å². The second-order valence-electron chi connectivity index (χ2n) is 3.04. The van der Waals surface area contributed by atoms with Crippen LogP contribution in [0.15, 0.2) is 35.4 Å². The minimum absolute atomic E-state index is 0.0583. The molecule has 0 aliphatic rings. The van der Waals surface area contributed by atoms with Crippen molar-refractivity contribution in [3.05, 3.63) is 40.9 Å². The van der Waals surface area contributed by atoms with Gasteiger partial charge >= 0.3 is 0 Å². The van der Waals surface area contributed by atoms with Gasteiger partial charge in [0, 0.05) is 29.2 Å². The van der Waals surface area contributed by atoms with Gasteiger partial charge in [-0.05, 0) is 12.1 Å². The number of nitrogens with zero attached hydrogens (tertiary/aromatic N) is 1. The molecule has 0 spiro atoms. The van der Waals surface area contributed by atoms with Gasteiger partial charge in [-0.2, -0.15) is 0 Å². The summed E-state index contributed by atoms with van der Waals surface area (Å²) in [6, 6.07) is 5.37. The smallest absolute Gasteiger partial charge is 0.249 e. The largest absolute Gasteiger partial charge is 0.314 e. The van der Waals surface area contributed by atoms with Gasteiger partial charge in [-0.15, -0.1) is 11.3 Å². The molecule has 1 N–H and O–H groups in total. The van der Waals surface area contributed by atoms with Crippen LogP contribution in [0.2, 0.25) is 0 Å². The van der Waals surface area contributed by atoms with E-state index in [9.17, 15) is 4.79 Å². The molecule has 0 fully saturated rings. The number of aromatic nitrogens is 2. The van der Waals surface area contributed by atoms with Crippen molar-refractivity contribution in [1.82, 2.24) is 9.97 Å². The average molecular weight is 202 g/mol. The number of hydrogen-bond acceptors (Lipinski definition) is 3. The molecule has 0 saturated heterocycles. The molecule has 0 aliphatic heterocycles. The first-order valence-corrected chi connectivity index (χ1v) is 5.02. The highest BCUT2D eigenvalue weighted by atomic mass is 32.1. The predicted octanol–water partition coefficient (Wildman–Crippen LogP) is 2.14. The van der Waals surface area contributed by atoms with Crippen LogP contribution in [-0.4, -0.2) is 9.97 Å². The summed E-state index contributed by atoms with van der Waals surface area (Å²) in [7, 11) is 0. The van der Waals surface area contributed by atoms with Crippen LogP contribution in [0.3, 0.4) is 0 Å². The van der Waals surface area contributed by atoms with Gasteiger partial charge in [0.2, 0.25) is 5.56 Å². The molecular formula is C10H6N2OS. The standard InChI is InChI=1S/C10H6N2OS/c13-9-2-1-7-6-3-4-11-5-8(6)14-10(7)12-9/h1-5H,(H,12,13). The molecule has 0 saturated carbocycles. The number of hydrogen-bond donors (Lipinski definition) is 1. The molecule has 0 amide bonds. The third kappa shape index (κ3) is 0.975. The van der Waals surface area contributed by atoms with Crippen LogP contribution in [0.5, 0.6) is 0 Å². The van der Waals surface area contributed by atoms with Gasteiger partial charge in [0.1, 0.15) is 4.83 Å². The molecule has 3 heterocycles. The molecule has 0 bridgehead atoms. The third-order valence-corrected chi connectivity index (χ3v) is 3.24. The summed E-state index contributed by atoms with van der Waals surface area (Å²) >= 11 is 1.56. The number of pyridine rings is 2. The second kappa shape index (κ2) is 2.65. The van der Waals surface area contributed by atoms with Crippen molar-refractivity contribution in [3.8, 4) is 0 Å². The zero-order chi connectivity index (χ0) is 9.54. The fourth-order valence-corrected chi connectivity index (χ4v) is 2.60. The molecule has 3 aromatic rings. The van der Waals surface area contributed by atoms with Gasteiger partial charge in [0.15, 0.2) is 0 Å². The van der Waals surface area contributed by atoms with Crippen molar-refractivity contribution in [3.63, 3.8) is 0 Å². The van der Waals surface area contributed by atoms with E-state index in [4.69, 9.17) is 0 Å². The van der Waals surface area contributed by atoms with E-state index in [1.54, 1.807) is 23.6 Å². The van der Waals surface area contributed by atoms with Crippen molar-refractivity contribution in [1.29, 1.82) is 0 Å². The average Bonchev–Trinajstić information content (AvgIpc) is 2.54. The first-order valence-electron chi connectivity index (χ1n) is 4.20. The number of fused-ring (bicyclic) bond motifs is 3. The fraction of sp³-hybridized carbons (Fsp3) is 0. The Labute approximate surface area is 83.0 Å². The van der Waals surface area contributed by atoms with Crippen molar-refractivity contribution in [2.75, 3.05) is 0 Å². The Morgan fingerprint density at radius 3 is 3.07 bits per heavy atom. The van der Waals surface area contributed by atoms with E-state index in [1.807, 2.05) is 18.3 Å². The maximum absolute atomic E-state index is 11.1. The number of rotatable bonds is 0. The Morgan fingerprint density at radius 2 is 2.14 bits per heavy atom. The van der Waals surface area contributed by atoms with Gasteiger partial charge < -0.3 is 4.98 Å². The Hall–Kier alpha value is -1.68. The highest BCUT2D eigenvalue weighted by molar-refractivity contribution is 7.25.